The summed E-state index contributed by atoms with van der Waals surface area (Å²) in [5.74, 6) is 0.266. The molecule has 0 aliphatic rings. The van der Waals surface area contributed by atoms with Gasteiger partial charge in [0.25, 0.3) is 0 Å². The zero-order valence-electron chi connectivity index (χ0n) is 10.5. The number of hydrogen-bond donors (Lipinski definition) is 2. The van der Waals surface area contributed by atoms with Gasteiger partial charge < -0.3 is 5.73 Å². The van der Waals surface area contributed by atoms with Gasteiger partial charge in [0.2, 0.25) is 10.0 Å². The van der Waals surface area contributed by atoms with Gasteiger partial charge in [-0.1, -0.05) is 32.0 Å². The molecule has 0 saturated heterocycles. The SMILES string of the molecule is CC(C)c1ccccc1NS(=O)(=O)C(C)CN. The van der Waals surface area contributed by atoms with Crippen molar-refractivity contribution in [3.63, 3.8) is 0 Å². The molecule has 0 aliphatic heterocycles. The van der Waals surface area contributed by atoms with E-state index in [1.54, 1.807) is 13.0 Å². The Morgan fingerprint density at radius 2 is 1.82 bits per heavy atom. The van der Waals surface area contributed by atoms with Gasteiger partial charge in [0.15, 0.2) is 0 Å². The first-order valence-corrected chi connectivity index (χ1v) is 7.23. The van der Waals surface area contributed by atoms with Crippen LogP contribution in [0, 0.1) is 0 Å². The predicted molar refractivity (Wildman–Crippen MR) is 71.6 cm³/mol. The summed E-state index contributed by atoms with van der Waals surface area (Å²) in [6.07, 6.45) is 0. The van der Waals surface area contributed by atoms with Crippen molar-refractivity contribution >= 4 is 15.7 Å². The summed E-state index contributed by atoms with van der Waals surface area (Å²) in [5, 5.41) is -0.595. The third-order valence-corrected chi connectivity index (χ3v) is 4.45. The lowest BCUT2D eigenvalue weighted by molar-refractivity contribution is 0.589. The zero-order valence-corrected chi connectivity index (χ0v) is 11.3. The molecule has 0 fully saturated rings. The molecule has 4 nitrogen and oxygen atoms in total. The van der Waals surface area contributed by atoms with Gasteiger partial charge in [0.05, 0.1) is 10.9 Å². The fourth-order valence-corrected chi connectivity index (χ4v) is 2.42. The van der Waals surface area contributed by atoms with Crippen LogP contribution in [0.5, 0.6) is 0 Å². The lowest BCUT2D eigenvalue weighted by Gasteiger charge is -2.17. The fourth-order valence-electron chi connectivity index (χ4n) is 1.47. The molecule has 96 valence electrons. The van der Waals surface area contributed by atoms with E-state index >= 15 is 0 Å². The first-order chi connectivity index (χ1) is 7.88. The second-order valence-corrected chi connectivity index (χ2v) is 6.53. The molecule has 1 atom stereocenters. The minimum atomic E-state index is -3.39. The average Bonchev–Trinajstić information content (AvgIpc) is 2.27. The average molecular weight is 256 g/mol. The van der Waals surface area contributed by atoms with Crippen molar-refractivity contribution in [2.24, 2.45) is 5.73 Å². The van der Waals surface area contributed by atoms with Gasteiger partial charge in [-0.05, 0) is 24.5 Å². The van der Waals surface area contributed by atoms with Gasteiger partial charge in [-0.15, -0.1) is 0 Å². The molecular formula is C12H20N2O2S. The van der Waals surface area contributed by atoms with Crippen LogP contribution in [0.2, 0.25) is 0 Å². The maximum atomic E-state index is 11.9. The van der Waals surface area contributed by atoms with Gasteiger partial charge in [0, 0.05) is 6.54 Å². The molecule has 0 radical (unpaired) electrons. The molecule has 0 heterocycles. The van der Waals surface area contributed by atoms with E-state index in [9.17, 15) is 8.42 Å². The van der Waals surface area contributed by atoms with Crippen molar-refractivity contribution in [3.8, 4) is 0 Å². The number of nitrogens with one attached hydrogen (secondary N) is 1. The molecule has 0 amide bonds. The van der Waals surface area contributed by atoms with E-state index in [1.165, 1.54) is 0 Å². The predicted octanol–water partition coefficient (Wildman–Crippen LogP) is 1.90. The van der Waals surface area contributed by atoms with Crippen molar-refractivity contribution in [1.82, 2.24) is 0 Å². The summed E-state index contributed by atoms with van der Waals surface area (Å²) in [6, 6.07) is 7.42. The summed E-state index contributed by atoms with van der Waals surface area (Å²) in [7, 11) is -3.39. The molecule has 0 spiro atoms. The van der Waals surface area contributed by atoms with Crippen molar-refractivity contribution in [2.45, 2.75) is 31.9 Å². The number of para-hydroxylation sites is 1. The molecule has 17 heavy (non-hydrogen) atoms. The number of sulfonamides is 1. The maximum absolute atomic E-state index is 11.9. The first-order valence-electron chi connectivity index (χ1n) is 5.69. The highest BCUT2D eigenvalue weighted by Gasteiger charge is 2.20. The van der Waals surface area contributed by atoms with Crippen molar-refractivity contribution in [3.05, 3.63) is 29.8 Å². The van der Waals surface area contributed by atoms with E-state index in [0.29, 0.717) is 5.69 Å². The van der Waals surface area contributed by atoms with Gasteiger partial charge in [-0.25, -0.2) is 8.42 Å². The van der Waals surface area contributed by atoms with E-state index in [1.807, 2.05) is 32.0 Å². The monoisotopic (exact) mass is 256 g/mol. The first kappa shape index (κ1) is 14.0. The Bertz CT molecular complexity index is 469. The van der Waals surface area contributed by atoms with Crippen molar-refractivity contribution in [1.29, 1.82) is 0 Å². The third-order valence-electron chi connectivity index (χ3n) is 2.70. The Morgan fingerprint density at radius 3 is 2.35 bits per heavy atom. The quantitative estimate of drug-likeness (QED) is 0.845. The van der Waals surface area contributed by atoms with Crippen LogP contribution in [0.1, 0.15) is 32.3 Å². The summed E-state index contributed by atoms with van der Waals surface area (Å²) in [4.78, 5) is 0. The molecule has 0 aliphatic carbocycles. The molecule has 1 rings (SSSR count). The van der Waals surface area contributed by atoms with E-state index in [-0.39, 0.29) is 12.5 Å². The Balaban J connectivity index is 3.04. The fraction of sp³-hybridized carbons (Fsp3) is 0.500. The molecule has 1 unspecified atom stereocenters. The molecule has 1 aromatic carbocycles. The second kappa shape index (κ2) is 5.51. The molecule has 0 bridgehead atoms. The summed E-state index contributed by atoms with van der Waals surface area (Å²) < 4.78 is 26.4. The number of nitrogens with two attached hydrogens (primary N) is 1. The molecule has 5 heteroatoms. The Hall–Kier alpha value is -1.07. The Morgan fingerprint density at radius 1 is 1.24 bits per heavy atom. The summed E-state index contributed by atoms with van der Waals surface area (Å²) in [5.41, 5.74) is 7.02. The smallest absolute Gasteiger partial charge is 0.236 e. The third kappa shape index (κ3) is 3.44. The van der Waals surface area contributed by atoms with Crippen LogP contribution in [-0.4, -0.2) is 20.2 Å². The van der Waals surface area contributed by atoms with Crippen LogP contribution < -0.4 is 10.5 Å². The summed E-state index contributed by atoms with van der Waals surface area (Å²) >= 11 is 0. The topological polar surface area (TPSA) is 72.2 Å². The Kier molecular flexibility index (Phi) is 4.54. The lowest BCUT2D eigenvalue weighted by atomic mass is 10.0. The molecular weight excluding hydrogens is 236 g/mol. The number of rotatable bonds is 5. The normalized spacial score (nSPS) is 13.7. The van der Waals surface area contributed by atoms with Gasteiger partial charge >= 0.3 is 0 Å². The molecule has 0 aromatic heterocycles. The van der Waals surface area contributed by atoms with Gasteiger partial charge in [-0.3, -0.25) is 4.72 Å². The highest BCUT2D eigenvalue weighted by molar-refractivity contribution is 7.93. The number of benzene rings is 1. The van der Waals surface area contributed by atoms with Crippen LogP contribution in [0.3, 0.4) is 0 Å². The van der Waals surface area contributed by atoms with Crippen molar-refractivity contribution in [2.75, 3.05) is 11.3 Å². The second-order valence-electron chi connectivity index (χ2n) is 4.44. The van der Waals surface area contributed by atoms with Crippen LogP contribution >= 0.6 is 0 Å². The number of anilines is 1. The minimum absolute atomic E-state index is 0.110. The lowest BCUT2D eigenvalue weighted by Crippen LogP contribution is -2.32. The van der Waals surface area contributed by atoms with Crippen molar-refractivity contribution < 1.29 is 8.42 Å². The van der Waals surface area contributed by atoms with E-state index < -0.39 is 15.3 Å². The van der Waals surface area contributed by atoms with Crippen LogP contribution in [0.4, 0.5) is 5.69 Å². The Labute approximate surface area is 103 Å². The van der Waals surface area contributed by atoms with Crippen LogP contribution in [0.25, 0.3) is 0 Å². The minimum Gasteiger partial charge on any atom is -0.329 e. The maximum Gasteiger partial charge on any atom is 0.236 e. The highest BCUT2D eigenvalue weighted by atomic mass is 32.2. The molecule has 0 saturated carbocycles. The molecule has 1 aromatic rings. The number of hydrogen-bond acceptors (Lipinski definition) is 3. The summed E-state index contributed by atoms with van der Waals surface area (Å²) in [6.45, 7) is 5.76. The standard InChI is InChI=1S/C12H20N2O2S/c1-9(2)11-6-4-5-7-12(11)14-17(15,16)10(3)8-13/h4-7,9-10,14H,8,13H2,1-3H3. The largest absolute Gasteiger partial charge is 0.329 e. The molecule has 3 N–H and O–H groups in total. The highest BCUT2D eigenvalue weighted by Crippen LogP contribution is 2.25. The van der Waals surface area contributed by atoms with E-state index in [0.717, 1.165) is 5.56 Å². The van der Waals surface area contributed by atoms with E-state index in [4.69, 9.17) is 5.73 Å². The van der Waals surface area contributed by atoms with Gasteiger partial charge in [-0.2, -0.15) is 0 Å². The van der Waals surface area contributed by atoms with Gasteiger partial charge in [0.1, 0.15) is 0 Å². The zero-order chi connectivity index (χ0) is 13.1. The van der Waals surface area contributed by atoms with E-state index in [2.05, 4.69) is 4.72 Å². The van der Waals surface area contributed by atoms with Crippen LogP contribution in [0.15, 0.2) is 24.3 Å². The van der Waals surface area contributed by atoms with Crippen LogP contribution in [-0.2, 0) is 10.0 Å².